The van der Waals surface area contributed by atoms with E-state index >= 15 is 0 Å². The Morgan fingerprint density at radius 3 is 2.75 bits per heavy atom. The van der Waals surface area contributed by atoms with Crippen molar-refractivity contribution in [3.8, 4) is 11.8 Å². The molecule has 0 spiro atoms. The Labute approximate surface area is 109 Å². The molecule has 4 heteroatoms. The molecule has 64 valence electrons. The zero-order chi connectivity index (χ0) is 8.53. The van der Waals surface area contributed by atoms with E-state index in [0.29, 0.717) is 11.0 Å². The molecule has 0 heterocycles. The van der Waals surface area contributed by atoms with Crippen LogP contribution in [0.4, 0.5) is 0 Å². The number of hydrogen-bond acceptors (Lipinski definition) is 2. The van der Waals surface area contributed by atoms with Gasteiger partial charge in [0.1, 0.15) is 0 Å². The number of hydrogen-bond donors (Lipinski definition) is 0. The number of rotatable bonds is 3. The standard InChI is InChI=1S/C8H11IO2.Na.H/c1-2-3-7-11-8(10)5-4-6-9;;/h2-3,6-7H2,1H3;;. The topological polar surface area (TPSA) is 26.3 Å². The van der Waals surface area contributed by atoms with Crippen molar-refractivity contribution in [2.24, 2.45) is 0 Å². The van der Waals surface area contributed by atoms with E-state index in [-0.39, 0.29) is 29.6 Å². The molecule has 0 radical (unpaired) electrons. The molecule has 0 aromatic carbocycles. The van der Waals surface area contributed by atoms with Crippen molar-refractivity contribution in [2.75, 3.05) is 11.0 Å². The van der Waals surface area contributed by atoms with Gasteiger partial charge in [0.15, 0.2) is 0 Å². The fourth-order valence-electron chi connectivity index (χ4n) is 0.451. The molecule has 0 rings (SSSR count). The first-order valence-corrected chi connectivity index (χ1v) is 5.05. The van der Waals surface area contributed by atoms with E-state index in [9.17, 15) is 4.79 Å². The quantitative estimate of drug-likeness (QED) is 0.148. The van der Waals surface area contributed by atoms with Gasteiger partial charge in [0.05, 0.1) is 11.0 Å². The van der Waals surface area contributed by atoms with Gasteiger partial charge in [0, 0.05) is 5.92 Å². The number of carbonyl (C=O) groups excluding carboxylic acids is 1. The predicted molar refractivity (Wildman–Crippen MR) is 59.7 cm³/mol. The molecular formula is C8H12INaO2. The summed E-state index contributed by atoms with van der Waals surface area (Å²) in [5.74, 6) is 4.60. The van der Waals surface area contributed by atoms with Crippen LogP contribution in [0, 0.1) is 11.8 Å². The van der Waals surface area contributed by atoms with Crippen LogP contribution < -0.4 is 0 Å². The summed E-state index contributed by atoms with van der Waals surface area (Å²) in [4.78, 5) is 10.7. The number of carbonyl (C=O) groups is 1. The molecule has 0 aromatic rings. The van der Waals surface area contributed by atoms with Gasteiger partial charge in [-0.25, -0.2) is 4.79 Å². The third-order valence-electron chi connectivity index (χ3n) is 0.988. The van der Waals surface area contributed by atoms with Gasteiger partial charge in [0.25, 0.3) is 0 Å². The Morgan fingerprint density at radius 2 is 2.25 bits per heavy atom. The Morgan fingerprint density at radius 1 is 1.58 bits per heavy atom. The van der Waals surface area contributed by atoms with Crippen LogP contribution in [0.5, 0.6) is 0 Å². The molecule has 0 fully saturated rings. The van der Waals surface area contributed by atoms with Crippen molar-refractivity contribution in [3.05, 3.63) is 0 Å². The monoisotopic (exact) mass is 290 g/mol. The van der Waals surface area contributed by atoms with Crippen LogP contribution in [0.3, 0.4) is 0 Å². The molecule has 0 bridgehead atoms. The van der Waals surface area contributed by atoms with Crippen molar-refractivity contribution >= 4 is 58.1 Å². The number of esters is 1. The zero-order valence-corrected chi connectivity index (χ0v) is 8.68. The summed E-state index contributed by atoms with van der Waals surface area (Å²) in [6, 6.07) is 0. The van der Waals surface area contributed by atoms with Crippen LogP contribution in [-0.2, 0) is 9.53 Å². The number of alkyl halides is 1. The summed E-state index contributed by atoms with van der Waals surface area (Å²) in [6.45, 7) is 2.54. The molecule has 2 nitrogen and oxygen atoms in total. The van der Waals surface area contributed by atoms with Crippen molar-refractivity contribution in [2.45, 2.75) is 19.8 Å². The number of halogens is 1. The van der Waals surface area contributed by atoms with E-state index < -0.39 is 5.97 Å². The fraction of sp³-hybridized carbons (Fsp3) is 0.625. The zero-order valence-electron chi connectivity index (χ0n) is 6.52. The molecule has 0 unspecified atom stereocenters. The van der Waals surface area contributed by atoms with Gasteiger partial charge < -0.3 is 4.74 Å². The molecular weight excluding hydrogens is 278 g/mol. The Kier molecular flexibility index (Phi) is 14.9. The molecule has 12 heavy (non-hydrogen) atoms. The molecule has 0 saturated heterocycles. The van der Waals surface area contributed by atoms with Crippen LogP contribution in [0.25, 0.3) is 0 Å². The molecule has 0 amide bonds. The SMILES string of the molecule is CCCCOC(=O)C#CCI.[NaH]. The number of ether oxygens (including phenoxy) is 1. The van der Waals surface area contributed by atoms with Gasteiger partial charge in [-0.15, -0.1) is 0 Å². The summed E-state index contributed by atoms with van der Waals surface area (Å²) in [5, 5.41) is 0. The first kappa shape index (κ1) is 15.2. The average Bonchev–Trinajstić information content (AvgIpc) is 2.01. The van der Waals surface area contributed by atoms with Gasteiger partial charge in [0.2, 0.25) is 0 Å². The minimum atomic E-state index is -0.407. The fourth-order valence-corrected chi connectivity index (χ4v) is 0.642. The van der Waals surface area contributed by atoms with E-state index in [2.05, 4.69) is 34.4 Å². The third-order valence-corrected chi connectivity index (χ3v) is 1.37. The average molecular weight is 290 g/mol. The van der Waals surface area contributed by atoms with E-state index in [4.69, 9.17) is 4.74 Å². The van der Waals surface area contributed by atoms with Crippen LogP contribution in [-0.4, -0.2) is 46.6 Å². The van der Waals surface area contributed by atoms with Gasteiger partial charge >= 0.3 is 35.5 Å². The summed E-state index contributed by atoms with van der Waals surface area (Å²) in [7, 11) is 0. The van der Waals surface area contributed by atoms with Crippen LogP contribution in [0.2, 0.25) is 0 Å². The van der Waals surface area contributed by atoms with E-state index in [1.54, 1.807) is 0 Å². The molecule has 0 aliphatic rings. The Hall–Kier alpha value is 0.760. The van der Waals surface area contributed by atoms with E-state index in [1.807, 2.05) is 6.92 Å². The predicted octanol–water partition coefficient (Wildman–Crippen LogP) is 1.12. The summed E-state index contributed by atoms with van der Waals surface area (Å²) in [5.41, 5.74) is 0. The van der Waals surface area contributed by atoms with Crippen molar-refractivity contribution < 1.29 is 9.53 Å². The maximum atomic E-state index is 10.7. The normalized spacial score (nSPS) is 7.50. The number of unbranched alkanes of at least 4 members (excludes halogenated alkanes) is 1. The molecule has 0 saturated carbocycles. The van der Waals surface area contributed by atoms with Crippen LogP contribution in [0.1, 0.15) is 19.8 Å². The first-order chi connectivity index (χ1) is 5.31. The molecule has 0 aliphatic carbocycles. The van der Waals surface area contributed by atoms with Gasteiger partial charge in [-0.05, 0) is 6.42 Å². The minimum absolute atomic E-state index is 0. The Balaban J connectivity index is 0. The Bertz CT molecular complexity index is 172. The third kappa shape index (κ3) is 10.8. The summed E-state index contributed by atoms with van der Waals surface area (Å²) >= 11 is 2.08. The van der Waals surface area contributed by atoms with Crippen molar-refractivity contribution in [3.63, 3.8) is 0 Å². The molecule has 0 aliphatic heterocycles. The first-order valence-electron chi connectivity index (χ1n) is 3.52. The molecule has 0 aromatic heterocycles. The van der Waals surface area contributed by atoms with Gasteiger partial charge in [-0.1, -0.05) is 41.9 Å². The van der Waals surface area contributed by atoms with Gasteiger partial charge in [-0.3, -0.25) is 0 Å². The second-order valence-corrected chi connectivity index (χ2v) is 2.69. The second-order valence-electron chi connectivity index (χ2n) is 1.92. The molecule has 0 atom stereocenters. The maximum absolute atomic E-state index is 10.7. The van der Waals surface area contributed by atoms with Crippen molar-refractivity contribution in [1.82, 2.24) is 0 Å². The molecule has 0 N–H and O–H groups in total. The van der Waals surface area contributed by atoms with Crippen LogP contribution in [0.15, 0.2) is 0 Å². The summed E-state index contributed by atoms with van der Waals surface area (Å²) < 4.78 is 5.44. The van der Waals surface area contributed by atoms with Crippen LogP contribution >= 0.6 is 22.6 Å². The second kappa shape index (κ2) is 11.8. The van der Waals surface area contributed by atoms with E-state index in [0.717, 1.165) is 12.8 Å². The van der Waals surface area contributed by atoms with E-state index in [1.165, 1.54) is 0 Å². The van der Waals surface area contributed by atoms with Gasteiger partial charge in [-0.2, -0.15) is 0 Å². The van der Waals surface area contributed by atoms with Crippen molar-refractivity contribution in [1.29, 1.82) is 0 Å². The summed E-state index contributed by atoms with van der Waals surface area (Å²) in [6.07, 6.45) is 1.95.